The summed E-state index contributed by atoms with van der Waals surface area (Å²) in [5, 5.41) is 14.7. The first kappa shape index (κ1) is 12.5. The van der Waals surface area contributed by atoms with Gasteiger partial charge in [-0.1, -0.05) is 27.7 Å². The Morgan fingerprint density at radius 2 is 1.83 bits per heavy atom. The van der Waals surface area contributed by atoms with E-state index < -0.39 is 0 Å². The second-order valence-electron chi connectivity index (χ2n) is 6.89. The Hall–Kier alpha value is -0.480. The van der Waals surface area contributed by atoms with E-state index >= 15 is 0 Å². The van der Waals surface area contributed by atoms with E-state index in [0.29, 0.717) is 16.7 Å². The van der Waals surface area contributed by atoms with Crippen molar-refractivity contribution in [1.29, 1.82) is 0 Å². The van der Waals surface area contributed by atoms with Crippen LogP contribution in [0, 0.1) is 10.8 Å². The molecule has 2 saturated carbocycles. The summed E-state index contributed by atoms with van der Waals surface area (Å²) in [4.78, 5) is 0. The minimum absolute atomic E-state index is 0.371. The lowest BCUT2D eigenvalue weighted by atomic mass is 10.0. The summed E-state index contributed by atoms with van der Waals surface area (Å²) >= 11 is 1.82. The summed E-state index contributed by atoms with van der Waals surface area (Å²) < 4.78 is 0. The molecule has 1 aromatic heterocycles. The van der Waals surface area contributed by atoms with Crippen LogP contribution >= 0.6 is 11.3 Å². The fourth-order valence-electron chi connectivity index (χ4n) is 2.97. The normalized spacial score (nSPS) is 25.3. The average Bonchev–Trinajstić information content (AvgIpc) is 3.08. The molecule has 0 amide bonds. The van der Waals surface area contributed by atoms with Gasteiger partial charge < -0.3 is 5.32 Å². The van der Waals surface area contributed by atoms with Gasteiger partial charge in [0.05, 0.1) is 0 Å². The Bertz CT molecular complexity index is 432. The molecule has 0 aromatic carbocycles. The molecule has 2 aliphatic rings. The molecule has 18 heavy (non-hydrogen) atoms. The zero-order chi connectivity index (χ0) is 13.0. The molecule has 0 atom stereocenters. The third-order valence-electron chi connectivity index (χ3n) is 5.10. The predicted molar refractivity (Wildman–Crippen MR) is 74.9 cm³/mol. The zero-order valence-corrected chi connectivity index (χ0v) is 12.6. The van der Waals surface area contributed by atoms with Crippen molar-refractivity contribution < 1.29 is 0 Å². The minimum Gasteiger partial charge on any atom is -0.314 e. The lowest BCUT2D eigenvalue weighted by Crippen LogP contribution is -2.19. The van der Waals surface area contributed by atoms with Crippen LogP contribution in [-0.4, -0.2) is 22.8 Å². The molecule has 100 valence electrons. The first-order chi connectivity index (χ1) is 8.43. The van der Waals surface area contributed by atoms with E-state index in [1.165, 1.54) is 22.9 Å². The van der Waals surface area contributed by atoms with Crippen LogP contribution in [0.5, 0.6) is 0 Å². The van der Waals surface area contributed by atoms with Gasteiger partial charge in [0.25, 0.3) is 0 Å². The van der Waals surface area contributed by atoms with E-state index in [2.05, 4.69) is 43.2 Å². The van der Waals surface area contributed by atoms with Gasteiger partial charge in [0, 0.05) is 24.9 Å². The number of hydrogen-bond donors (Lipinski definition) is 1. The molecule has 0 bridgehead atoms. The summed E-state index contributed by atoms with van der Waals surface area (Å²) in [5.74, 6) is 0.590. The molecule has 0 radical (unpaired) electrons. The lowest BCUT2D eigenvalue weighted by Gasteiger charge is -2.03. The number of rotatable bonds is 5. The van der Waals surface area contributed by atoms with E-state index in [-0.39, 0.29) is 0 Å². The van der Waals surface area contributed by atoms with Crippen LogP contribution in [0.15, 0.2) is 0 Å². The first-order valence-corrected chi connectivity index (χ1v) is 7.80. The second-order valence-corrected chi connectivity index (χ2v) is 7.98. The third-order valence-corrected chi connectivity index (χ3v) is 6.15. The SMILES string of the molecule is CC1(C)C(c2nnc(CCNC3CC3)s2)C1(C)C. The summed E-state index contributed by atoms with van der Waals surface area (Å²) in [6.07, 6.45) is 3.74. The van der Waals surface area contributed by atoms with E-state index in [0.717, 1.165) is 19.0 Å². The molecule has 1 N–H and O–H groups in total. The van der Waals surface area contributed by atoms with Gasteiger partial charge in [-0.25, -0.2) is 0 Å². The van der Waals surface area contributed by atoms with Crippen LogP contribution in [0.1, 0.15) is 56.5 Å². The van der Waals surface area contributed by atoms with E-state index in [1.54, 1.807) is 0 Å². The highest BCUT2D eigenvalue weighted by molar-refractivity contribution is 7.11. The molecule has 3 rings (SSSR count). The maximum absolute atomic E-state index is 4.42. The van der Waals surface area contributed by atoms with Crippen molar-refractivity contribution in [3.8, 4) is 0 Å². The van der Waals surface area contributed by atoms with Crippen molar-refractivity contribution in [2.24, 2.45) is 10.8 Å². The standard InChI is InChI=1S/C14H23N3S/c1-13(2)11(14(13,3)4)12-17-16-10(18-12)7-8-15-9-5-6-9/h9,11,15H,5-8H2,1-4H3. The Morgan fingerprint density at radius 3 is 2.39 bits per heavy atom. The van der Waals surface area contributed by atoms with Crippen molar-refractivity contribution >= 4 is 11.3 Å². The Kier molecular flexibility index (Phi) is 2.79. The van der Waals surface area contributed by atoms with Crippen LogP contribution < -0.4 is 5.32 Å². The summed E-state index contributed by atoms with van der Waals surface area (Å²) in [7, 11) is 0. The van der Waals surface area contributed by atoms with E-state index in [4.69, 9.17) is 0 Å². The minimum atomic E-state index is 0.371. The summed E-state index contributed by atoms with van der Waals surface area (Å²) in [6, 6.07) is 0.790. The van der Waals surface area contributed by atoms with Crippen molar-refractivity contribution in [2.75, 3.05) is 6.54 Å². The fraction of sp³-hybridized carbons (Fsp3) is 0.857. The highest BCUT2D eigenvalue weighted by atomic mass is 32.1. The fourth-order valence-corrected chi connectivity index (χ4v) is 4.28. The average molecular weight is 265 g/mol. The molecule has 0 spiro atoms. The predicted octanol–water partition coefficient (Wildman–Crippen LogP) is 2.98. The molecule has 1 aromatic rings. The van der Waals surface area contributed by atoms with Crippen molar-refractivity contribution in [2.45, 2.75) is 58.9 Å². The Morgan fingerprint density at radius 1 is 1.17 bits per heavy atom. The van der Waals surface area contributed by atoms with Gasteiger partial charge in [-0.2, -0.15) is 0 Å². The van der Waals surface area contributed by atoms with Crippen LogP contribution in [0.25, 0.3) is 0 Å². The van der Waals surface area contributed by atoms with Crippen LogP contribution in [0.4, 0.5) is 0 Å². The van der Waals surface area contributed by atoms with Crippen LogP contribution in [-0.2, 0) is 6.42 Å². The smallest absolute Gasteiger partial charge is 0.121 e. The molecule has 0 saturated heterocycles. The molecular weight excluding hydrogens is 242 g/mol. The van der Waals surface area contributed by atoms with Gasteiger partial charge in [0.15, 0.2) is 0 Å². The third kappa shape index (κ3) is 1.99. The number of aromatic nitrogens is 2. The van der Waals surface area contributed by atoms with Crippen LogP contribution in [0.2, 0.25) is 0 Å². The van der Waals surface area contributed by atoms with Gasteiger partial charge in [-0.15, -0.1) is 21.5 Å². The topological polar surface area (TPSA) is 37.8 Å². The zero-order valence-electron chi connectivity index (χ0n) is 11.8. The second kappa shape index (κ2) is 4.01. The molecule has 2 fully saturated rings. The van der Waals surface area contributed by atoms with Gasteiger partial charge in [0.1, 0.15) is 10.0 Å². The van der Waals surface area contributed by atoms with Crippen LogP contribution in [0.3, 0.4) is 0 Å². The monoisotopic (exact) mass is 265 g/mol. The molecule has 4 heteroatoms. The van der Waals surface area contributed by atoms with Crippen molar-refractivity contribution in [3.05, 3.63) is 10.0 Å². The van der Waals surface area contributed by atoms with E-state index in [9.17, 15) is 0 Å². The summed E-state index contributed by atoms with van der Waals surface area (Å²) in [6.45, 7) is 10.4. The molecular formula is C14H23N3S. The molecule has 1 heterocycles. The van der Waals surface area contributed by atoms with Gasteiger partial charge in [-0.05, 0) is 23.7 Å². The van der Waals surface area contributed by atoms with Crippen molar-refractivity contribution in [1.82, 2.24) is 15.5 Å². The molecule has 0 aliphatic heterocycles. The largest absolute Gasteiger partial charge is 0.314 e. The lowest BCUT2D eigenvalue weighted by molar-refractivity contribution is 0.457. The first-order valence-electron chi connectivity index (χ1n) is 6.98. The Balaban J connectivity index is 1.60. The molecule has 2 aliphatic carbocycles. The van der Waals surface area contributed by atoms with Crippen molar-refractivity contribution in [3.63, 3.8) is 0 Å². The van der Waals surface area contributed by atoms with Gasteiger partial charge in [0.2, 0.25) is 0 Å². The maximum Gasteiger partial charge on any atom is 0.121 e. The maximum atomic E-state index is 4.42. The highest BCUT2D eigenvalue weighted by Crippen LogP contribution is 2.73. The number of nitrogens with one attached hydrogen (secondary N) is 1. The Labute approximate surface area is 113 Å². The van der Waals surface area contributed by atoms with E-state index in [1.807, 2.05) is 11.3 Å². The number of hydrogen-bond acceptors (Lipinski definition) is 4. The quantitative estimate of drug-likeness (QED) is 0.889. The summed E-state index contributed by atoms with van der Waals surface area (Å²) in [5.41, 5.74) is 0.742. The van der Waals surface area contributed by atoms with Gasteiger partial charge >= 0.3 is 0 Å². The molecule has 3 nitrogen and oxygen atoms in total. The highest BCUT2D eigenvalue weighted by Gasteiger charge is 2.66. The number of nitrogens with zero attached hydrogens (tertiary/aromatic N) is 2. The molecule has 0 unspecified atom stereocenters. The van der Waals surface area contributed by atoms with Gasteiger partial charge in [-0.3, -0.25) is 0 Å².